The van der Waals surface area contributed by atoms with Gasteiger partial charge >= 0.3 is 0 Å². The minimum atomic E-state index is -0.879. The first-order chi connectivity index (χ1) is 17.4. The lowest BCUT2D eigenvalue weighted by Crippen LogP contribution is -2.31. The molecule has 1 aliphatic rings. The van der Waals surface area contributed by atoms with Gasteiger partial charge in [-0.25, -0.2) is 9.97 Å². The maximum Gasteiger partial charge on any atom is 0.295 e. The van der Waals surface area contributed by atoms with Crippen LogP contribution in [0.1, 0.15) is 29.4 Å². The van der Waals surface area contributed by atoms with Crippen molar-refractivity contribution in [1.29, 1.82) is 0 Å². The Morgan fingerprint density at radius 1 is 1.14 bits per heavy atom. The molecule has 0 aliphatic carbocycles. The number of benzene rings is 1. The minimum absolute atomic E-state index is 0.0378. The number of ketones is 1. The first-order valence-electron chi connectivity index (χ1n) is 11.5. The van der Waals surface area contributed by atoms with Crippen LogP contribution in [0.2, 0.25) is 0 Å². The molecule has 0 bridgehead atoms. The number of likely N-dealkylation sites (tertiary alicyclic amines) is 1. The lowest BCUT2D eigenvalue weighted by Gasteiger charge is -2.26. The number of hydrogen-bond acceptors (Lipinski definition) is 7. The minimum Gasteiger partial charge on any atom is -0.505 e. The molecule has 3 aromatic heterocycles. The number of phenolic OH excluding ortho intramolecular Hbond substituents is 1. The Bertz CT molecular complexity index is 1490. The topological polar surface area (TPSA) is 122 Å². The number of Topliss-reactive ketones (excluding diaryl/α,β-unsaturated/α-hetero) is 1. The largest absolute Gasteiger partial charge is 0.505 e. The summed E-state index contributed by atoms with van der Waals surface area (Å²) in [5.41, 5.74) is 1.96. The summed E-state index contributed by atoms with van der Waals surface area (Å²) in [4.78, 5) is 36.6. The van der Waals surface area contributed by atoms with Crippen LogP contribution in [-0.4, -0.2) is 59.4 Å². The summed E-state index contributed by atoms with van der Waals surface area (Å²) < 4.78 is 8.84. The number of pyridine rings is 1. The molecule has 36 heavy (non-hydrogen) atoms. The van der Waals surface area contributed by atoms with Crippen molar-refractivity contribution in [3.8, 4) is 11.5 Å². The second-order valence-electron chi connectivity index (χ2n) is 8.55. The van der Waals surface area contributed by atoms with E-state index < -0.39 is 17.7 Å². The van der Waals surface area contributed by atoms with Crippen molar-refractivity contribution < 1.29 is 24.5 Å². The quantitative estimate of drug-likeness (QED) is 0.233. The molecule has 0 radical (unpaired) electrons. The van der Waals surface area contributed by atoms with Crippen LogP contribution in [0.5, 0.6) is 11.5 Å². The zero-order valence-corrected chi connectivity index (χ0v) is 19.8. The van der Waals surface area contributed by atoms with Crippen LogP contribution >= 0.6 is 0 Å². The summed E-state index contributed by atoms with van der Waals surface area (Å²) >= 11 is 0. The molecule has 4 heterocycles. The summed E-state index contributed by atoms with van der Waals surface area (Å²) in [6, 6.07) is 9.17. The van der Waals surface area contributed by atoms with E-state index in [0.29, 0.717) is 35.6 Å². The van der Waals surface area contributed by atoms with Gasteiger partial charge in [-0.05, 0) is 43.2 Å². The van der Waals surface area contributed by atoms with Crippen LogP contribution < -0.4 is 4.74 Å². The van der Waals surface area contributed by atoms with Crippen molar-refractivity contribution in [2.24, 2.45) is 0 Å². The lowest BCUT2D eigenvalue weighted by molar-refractivity contribution is -0.139. The van der Waals surface area contributed by atoms with Crippen LogP contribution in [0, 0.1) is 6.92 Å². The molecule has 1 saturated heterocycles. The number of amides is 1. The molecule has 2 N–H and O–H groups in total. The van der Waals surface area contributed by atoms with E-state index in [2.05, 4.69) is 9.97 Å². The van der Waals surface area contributed by atoms with Crippen LogP contribution in [-0.2, 0) is 16.1 Å². The van der Waals surface area contributed by atoms with Crippen molar-refractivity contribution in [2.75, 3.05) is 13.7 Å². The first kappa shape index (κ1) is 23.2. The smallest absolute Gasteiger partial charge is 0.295 e. The van der Waals surface area contributed by atoms with E-state index in [0.717, 1.165) is 0 Å². The third kappa shape index (κ3) is 3.86. The molecule has 1 unspecified atom stereocenters. The number of fused-ring (bicyclic) bond motifs is 1. The maximum atomic E-state index is 13.4. The summed E-state index contributed by atoms with van der Waals surface area (Å²) in [7, 11) is 1.42. The van der Waals surface area contributed by atoms with Gasteiger partial charge in [0.25, 0.3) is 11.7 Å². The van der Waals surface area contributed by atoms with Gasteiger partial charge in [0, 0.05) is 31.7 Å². The average Bonchev–Trinajstić information content (AvgIpc) is 3.57. The number of hydrogen-bond donors (Lipinski definition) is 2. The Balaban J connectivity index is 1.63. The number of methoxy groups -OCH3 is 1. The van der Waals surface area contributed by atoms with Gasteiger partial charge in [0.1, 0.15) is 11.3 Å². The number of aliphatic hydroxyl groups is 1. The molecule has 10 heteroatoms. The number of rotatable bonds is 7. The maximum absolute atomic E-state index is 13.4. The Kier molecular flexibility index (Phi) is 5.93. The SMILES string of the molecule is COc1cc(C2/C(=C(\O)c3c(C)nc4ccccn34)C(=O)C(=O)N2CCCn2ccnc2)ccc1O. The summed E-state index contributed by atoms with van der Waals surface area (Å²) in [6.45, 7) is 2.60. The molecule has 1 atom stereocenters. The van der Waals surface area contributed by atoms with E-state index in [-0.39, 0.29) is 29.4 Å². The van der Waals surface area contributed by atoms with Gasteiger partial charge in [-0.2, -0.15) is 0 Å². The Labute approximate surface area is 206 Å². The lowest BCUT2D eigenvalue weighted by atomic mass is 9.96. The Morgan fingerprint density at radius 2 is 1.97 bits per heavy atom. The molecular weight excluding hydrogens is 462 g/mol. The van der Waals surface area contributed by atoms with E-state index in [1.165, 1.54) is 18.1 Å². The highest BCUT2D eigenvalue weighted by Crippen LogP contribution is 2.42. The van der Waals surface area contributed by atoms with E-state index in [1.807, 2.05) is 16.8 Å². The number of aliphatic hydroxyl groups excluding tert-OH is 1. The van der Waals surface area contributed by atoms with E-state index in [1.54, 1.807) is 54.3 Å². The third-order valence-corrected chi connectivity index (χ3v) is 6.36. The van der Waals surface area contributed by atoms with Crippen molar-refractivity contribution in [3.63, 3.8) is 0 Å². The highest BCUT2D eigenvalue weighted by Gasteiger charge is 2.46. The fraction of sp³-hybridized carbons (Fsp3) is 0.231. The molecule has 0 spiro atoms. The van der Waals surface area contributed by atoms with Gasteiger partial charge in [-0.1, -0.05) is 12.1 Å². The Morgan fingerprint density at radius 3 is 2.72 bits per heavy atom. The fourth-order valence-corrected chi connectivity index (χ4v) is 4.69. The van der Waals surface area contributed by atoms with Gasteiger partial charge in [0.15, 0.2) is 17.3 Å². The number of aromatic nitrogens is 4. The molecule has 1 amide bonds. The van der Waals surface area contributed by atoms with Gasteiger partial charge in [0.2, 0.25) is 0 Å². The van der Waals surface area contributed by atoms with Crippen LogP contribution in [0.3, 0.4) is 0 Å². The number of nitrogens with zero attached hydrogens (tertiary/aromatic N) is 5. The molecule has 1 fully saturated rings. The second kappa shape index (κ2) is 9.21. The fourth-order valence-electron chi connectivity index (χ4n) is 4.69. The predicted molar refractivity (Wildman–Crippen MR) is 130 cm³/mol. The molecular formula is C26H25N5O5. The normalized spacial score (nSPS) is 17.3. The van der Waals surface area contributed by atoms with Gasteiger partial charge < -0.3 is 24.4 Å². The number of carbonyl (C=O) groups excluding carboxylic acids is 2. The number of carbonyl (C=O) groups is 2. The zero-order valence-electron chi connectivity index (χ0n) is 19.8. The molecule has 184 valence electrons. The predicted octanol–water partition coefficient (Wildman–Crippen LogP) is 3.07. The molecule has 10 nitrogen and oxygen atoms in total. The van der Waals surface area contributed by atoms with E-state index in [4.69, 9.17) is 4.74 Å². The molecule has 1 aromatic carbocycles. The molecule has 0 saturated carbocycles. The number of phenols is 1. The second-order valence-corrected chi connectivity index (χ2v) is 8.55. The number of aryl methyl sites for hydroxylation is 2. The summed E-state index contributed by atoms with van der Waals surface area (Å²) in [5, 5.41) is 21.6. The molecule has 4 aromatic rings. The van der Waals surface area contributed by atoms with Crippen LogP contribution in [0.15, 0.2) is 66.9 Å². The first-order valence-corrected chi connectivity index (χ1v) is 11.5. The zero-order chi connectivity index (χ0) is 25.4. The molecule has 5 rings (SSSR count). The van der Waals surface area contributed by atoms with Gasteiger partial charge in [-0.15, -0.1) is 0 Å². The van der Waals surface area contributed by atoms with E-state index >= 15 is 0 Å². The van der Waals surface area contributed by atoms with Crippen molar-refractivity contribution in [1.82, 2.24) is 23.8 Å². The van der Waals surface area contributed by atoms with Crippen molar-refractivity contribution in [3.05, 3.63) is 83.8 Å². The Hall–Kier alpha value is -4.60. The van der Waals surface area contributed by atoms with Crippen LogP contribution in [0.4, 0.5) is 0 Å². The van der Waals surface area contributed by atoms with Crippen molar-refractivity contribution in [2.45, 2.75) is 25.9 Å². The standard InChI is InChI=1S/C26H25N5O5/c1-16-22(30-11-4-3-6-20(30)28-16)24(33)21-23(17-7-8-18(32)19(14-17)36-2)31(26(35)25(21)34)12-5-10-29-13-9-27-15-29/h3-4,6-9,11,13-15,23,32-33H,5,10,12H2,1-2H3/b24-21+. The van der Waals surface area contributed by atoms with E-state index in [9.17, 15) is 19.8 Å². The summed E-state index contributed by atoms with van der Waals surface area (Å²) in [5.74, 6) is -1.67. The summed E-state index contributed by atoms with van der Waals surface area (Å²) in [6.07, 6.45) is 7.48. The highest BCUT2D eigenvalue weighted by atomic mass is 16.5. The number of ether oxygens (including phenoxy) is 1. The molecule has 1 aliphatic heterocycles. The number of aromatic hydroxyl groups is 1. The third-order valence-electron chi connectivity index (χ3n) is 6.36. The van der Waals surface area contributed by atoms with Crippen LogP contribution in [0.25, 0.3) is 11.4 Å². The van der Waals surface area contributed by atoms with Crippen molar-refractivity contribution >= 4 is 23.1 Å². The number of imidazole rings is 2. The van der Waals surface area contributed by atoms with Gasteiger partial charge in [0.05, 0.1) is 30.7 Å². The highest BCUT2D eigenvalue weighted by molar-refractivity contribution is 6.46. The van der Waals surface area contributed by atoms with Gasteiger partial charge in [-0.3, -0.25) is 14.0 Å². The average molecular weight is 488 g/mol. The monoisotopic (exact) mass is 487 g/mol.